The predicted octanol–water partition coefficient (Wildman–Crippen LogP) is 2.94. The van der Waals surface area contributed by atoms with E-state index in [1.54, 1.807) is 34.6 Å². The highest BCUT2D eigenvalue weighted by Gasteiger charge is 2.53. The Morgan fingerprint density at radius 1 is 0.926 bits per heavy atom. The molecule has 0 aliphatic carbocycles. The number of nitrogens with zero attached hydrogens (tertiary/aromatic N) is 2. The number of methoxy groups -OCH3 is 1. The number of rotatable bonds is 9. The molecular formula is C40H76N2O12. The lowest BCUT2D eigenvalue weighted by molar-refractivity contribution is -0.321. The summed E-state index contributed by atoms with van der Waals surface area (Å²) in [5.41, 5.74) is -4.30. The van der Waals surface area contributed by atoms with Gasteiger partial charge in [0.15, 0.2) is 12.6 Å². The molecule has 3 fully saturated rings. The minimum atomic E-state index is -1.79. The van der Waals surface area contributed by atoms with Gasteiger partial charge < -0.3 is 63.4 Å². The lowest BCUT2D eigenvalue weighted by atomic mass is 9.77. The van der Waals surface area contributed by atoms with E-state index in [2.05, 4.69) is 4.90 Å². The second kappa shape index (κ2) is 19.2. The minimum absolute atomic E-state index is 0.0308. The van der Waals surface area contributed by atoms with Crippen LogP contribution in [0.15, 0.2) is 0 Å². The molecule has 3 rings (SSSR count). The summed E-state index contributed by atoms with van der Waals surface area (Å²) >= 11 is 0. The largest absolute Gasteiger partial charge is 0.459 e. The van der Waals surface area contributed by atoms with E-state index in [-0.39, 0.29) is 37.3 Å². The van der Waals surface area contributed by atoms with Crippen molar-refractivity contribution in [1.29, 1.82) is 0 Å². The molecule has 0 amide bonds. The third-order valence-electron chi connectivity index (χ3n) is 12.5. The lowest BCUT2D eigenvalue weighted by Crippen LogP contribution is -2.61. The van der Waals surface area contributed by atoms with Crippen LogP contribution in [-0.4, -0.2) is 168 Å². The number of esters is 1. The van der Waals surface area contributed by atoms with Crippen LogP contribution in [-0.2, 0) is 38.0 Å². The van der Waals surface area contributed by atoms with E-state index in [9.17, 15) is 25.2 Å². The number of ether oxygens (including phenoxy) is 7. The highest BCUT2D eigenvalue weighted by Crippen LogP contribution is 2.40. The maximum absolute atomic E-state index is 14.3. The topological polar surface area (TPSA) is 169 Å². The Bertz CT molecular complexity index is 1180. The van der Waals surface area contributed by atoms with Crippen LogP contribution in [0.5, 0.6) is 0 Å². The van der Waals surface area contributed by atoms with Crippen LogP contribution in [0.4, 0.5) is 0 Å². The fraction of sp³-hybridized carbons (Fsp3) is 0.975. The molecule has 0 bridgehead atoms. The molecule has 14 heteroatoms. The van der Waals surface area contributed by atoms with Crippen molar-refractivity contribution in [3.8, 4) is 0 Å². The van der Waals surface area contributed by atoms with Crippen molar-refractivity contribution < 1.29 is 58.4 Å². The van der Waals surface area contributed by atoms with Crippen molar-refractivity contribution in [2.75, 3.05) is 41.4 Å². The molecule has 3 aliphatic heterocycles. The van der Waals surface area contributed by atoms with Crippen LogP contribution >= 0.6 is 0 Å². The number of likely N-dealkylation sites (N-methyl/N-ethyl adjacent to an activating group) is 2. The molecular weight excluding hydrogens is 700 g/mol. The van der Waals surface area contributed by atoms with Gasteiger partial charge in [0.2, 0.25) is 0 Å². The Balaban J connectivity index is 2.21. The first kappa shape index (κ1) is 47.4. The van der Waals surface area contributed by atoms with Gasteiger partial charge in [0.1, 0.15) is 30.0 Å². The summed E-state index contributed by atoms with van der Waals surface area (Å²) in [4.78, 5) is 18.4. The van der Waals surface area contributed by atoms with Crippen LogP contribution in [0.2, 0.25) is 0 Å². The van der Waals surface area contributed by atoms with Gasteiger partial charge in [-0.2, -0.15) is 0 Å². The number of carbonyl (C=O) groups is 1. The van der Waals surface area contributed by atoms with Crippen LogP contribution in [0.1, 0.15) is 102 Å². The van der Waals surface area contributed by atoms with Crippen molar-refractivity contribution in [2.45, 2.75) is 192 Å². The van der Waals surface area contributed by atoms with Crippen LogP contribution in [0.3, 0.4) is 0 Å². The molecule has 0 radical (unpaired) electrons. The average Bonchev–Trinajstić information content (AvgIpc) is 3.09. The Morgan fingerprint density at radius 2 is 1.56 bits per heavy atom. The van der Waals surface area contributed by atoms with Gasteiger partial charge in [0.05, 0.1) is 41.5 Å². The SMILES string of the molecule is CCO[C@H]1[C@H](O[C@@H]2[C@@H](C)[C@H](O[C@H]3C[C@@](C)(OC)[C@@H](O)[C@H](C)O3)[C@@H](C)C(=O)O[C@H](CC)[C@@](C)(O)[C@H](O)[C@@H](C)N(C)C[C@H](C)C[C@@]2(C)O)O[C@H](C)C[C@@H]1N(C)C. The monoisotopic (exact) mass is 777 g/mol. The standard InChI is InChI=1S/C40H76N2O12/c1-16-29-40(11,47)33(43)26(7)42(14)21-22(3)19-38(9,46)35(54-37-32(49-17-2)28(41(12)13)18-23(4)50-37)24(5)31(25(6)36(45)52-29)53-30-20-39(10,48-15)34(44)27(8)51-30/h22-35,37,43-44,46-47H,16-21H2,1-15H3/t22-,23-,24+,25-,26-,27+,28+,29-,30+,31+,32-,33-,34+,35-,37+,38-,39-,40-/m1/s1. The summed E-state index contributed by atoms with van der Waals surface area (Å²) in [5, 5.41) is 46.9. The van der Waals surface area contributed by atoms with Crippen LogP contribution < -0.4 is 0 Å². The zero-order valence-electron chi connectivity index (χ0n) is 35.9. The summed E-state index contributed by atoms with van der Waals surface area (Å²) in [6, 6.07) is -0.552. The summed E-state index contributed by atoms with van der Waals surface area (Å²) in [5.74, 6) is -2.44. The van der Waals surface area contributed by atoms with Crippen molar-refractivity contribution >= 4 is 5.97 Å². The van der Waals surface area contributed by atoms with Gasteiger partial charge in [-0.1, -0.05) is 20.8 Å². The fourth-order valence-electron chi connectivity index (χ4n) is 9.10. The fourth-order valence-corrected chi connectivity index (χ4v) is 9.10. The van der Waals surface area contributed by atoms with Gasteiger partial charge in [0.25, 0.3) is 0 Å². The number of hydrogen-bond donors (Lipinski definition) is 4. The molecule has 0 aromatic carbocycles. The summed E-state index contributed by atoms with van der Waals surface area (Å²) in [7, 11) is 7.39. The van der Waals surface area contributed by atoms with E-state index in [0.717, 1.165) is 6.42 Å². The number of carbonyl (C=O) groups excluding carboxylic acids is 1. The van der Waals surface area contributed by atoms with Crippen LogP contribution in [0, 0.1) is 17.8 Å². The first-order valence-electron chi connectivity index (χ1n) is 20.1. The predicted molar refractivity (Wildman–Crippen MR) is 204 cm³/mol. The van der Waals surface area contributed by atoms with Gasteiger partial charge in [-0.3, -0.25) is 4.79 Å². The molecule has 318 valence electrons. The van der Waals surface area contributed by atoms with Gasteiger partial charge in [-0.15, -0.1) is 0 Å². The molecule has 0 spiro atoms. The highest BCUT2D eigenvalue weighted by atomic mass is 16.7. The molecule has 14 nitrogen and oxygen atoms in total. The maximum atomic E-state index is 14.3. The Labute approximate surface area is 325 Å². The van der Waals surface area contributed by atoms with E-state index < -0.39 is 96.0 Å². The van der Waals surface area contributed by atoms with Crippen molar-refractivity contribution in [3.05, 3.63) is 0 Å². The summed E-state index contributed by atoms with van der Waals surface area (Å²) in [6.07, 6.45) is -6.88. The third kappa shape index (κ3) is 10.7. The molecule has 4 N–H and O–H groups in total. The first-order chi connectivity index (χ1) is 24.9. The Kier molecular flexibility index (Phi) is 16.8. The number of hydrogen-bond acceptors (Lipinski definition) is 14. The quantitative estimate of drug-likeness (QED) is 0.252. The molecule has 0 saturated carbocycles. The molecule has 0 aromatic heterocycles. The third-order valence-corrected chi connectivity index (χ3v) is 12.5. The Hall–Kier alpha value is -1.01. The van der Waals surface area contributed by atoms with E-state index in [1.807, 2.05) is 60.7 Å². The molecule has 3 saturated heterocycles. The highest BCUT2D eigenvalue weighted by molar-refractivity contribution is 5.73. The van der Waals surface area contributed by atoms with Crippen LogP contribution in [0.25, 0.3) is 0 Å². The molecule has 3 heterocycles. The van der Waals surface area contributed by atoms with Gasteiger partial charge >= 0.3 is 5.97 Å². The maximum Gasteiger partial charge on any atom is 0.311 e. The number of aliphatic hydroxyl groups is 4. The zero-order chi connectivity index (χ0) is 41.1. The average molecular weight is 777 g/mol. The molecule has 3 aliphatic rings. The van der Waals surface area contributed by atoms with Gasteiger partial charge in [-0.05, 0) is 102 Å². The molecule has 18 atom stereocenters. The summed E-state index contributed by atoms with van der Waals surface area (Å²) in [6.45, 7) is 20.8. The van der Waals surface area contributed by atoms with Crippen molar-refractivity contribution in [3.63, 3.8) is 0 Å². The molecule has 0 unspecified atom stereocenters. The normalized spacial score (nSPS) is 48.2. The zero-order valence-corrected chi connectivity index (χ0v) is 35.9. The van der Waals surface area contributed by atoms with E-state index >= 15 is 0 Å². The Morgan fingerprint density at radius 3 is 2.11 bits per heavy atom. The van der Waals surface area contributed by atoms with E-state index in [1.165, 1.54) is 14.0 Å². The smallest absolute Gasteiger partial charge is 0.311 e. The summed E-state index contributed by atoms with van der Waals surface area (Å²) < 4.78 is 44.6. The van der Waals surface area contributed by atoms with Crippen molar-refractivity contribution in [2.24, 2.45) is 17.8 Å². The first-order valence-corrected chi connectivity index (χ1v) is 20.1. The second-order valence-electron chi connectivity index (χ2n) is 17.6. The number of cyclic esters (lactones) is 1. The molecule has 54 heavy (non-hydrogen) atoms. The minimum Gasteiger partial charge on any atom is -0.459 e. The number of aliphatic hydroxyl groups excluding tert-OH is 2. The molecule has 0 aromatic rings. The van der Waals surface area contributed by atoms with Gasteiger partial charge in [0, 0.05) is 44.7 Å². The van der Waals surface area contributed by atoms with Gasteiger partial charge in [-0.25, -0.2) is 0 Å². The van der Waals surface area contributed by atoms with E-state index in [4.69, 9.17) is 33.2 Å². The lowest BCUT2D eigenvalue weighted by Gasteiger charge is -2.49. The van der Waals surface area contributed by atoms with E-state index in [0.29, 0.717) is 13.2 Å². The second-order valence-corrected chi connectivity index (χ2v) is 17.6. The van der Waals surface area contributed by atoms with Crippen molar-refractivity contribution in [1.82, 2.24) is 9.80 Å².